The Kier molecular flexibility index (Phi) is 4.84. The van der Waals surface area contributed by atoms with Gasteiger partial charge < -0.3 is 10.4 Å². The summed E-state index contributed by atoms with van der Waals surface area (Å²) in [7, 11) is 0. The standard InChI is InChI=1S/C11H12ClF2NO2/c1-2-6(5-16)15-11(17)7-3-10(14)8(12)4-9(7)13/h3-4,6,16H,2,5H2,1H3,(H,15,17)/t6-/m0/s1. The van der Waals surface area contributed by atoms with Crippen LogP contribution < -0.4 is 5.32 Å². The van der Waals surface area contributed by atoms with E-state index in [2.05, 4.69) is 5.32 Å². The molecular formula is C11H12ClF2NO2. The molecular weight excluding hydrogens is 252 g/mol. The third-order valence-electron chi connectivity index (χ3n) is 2.30. The lowest BCUT2D eigenvalue weighted by molar-refractivity contribution is 0.0910. The highest BCUT2D eigenvalue weighted by Crippen LogP contribution is 2.19. The molecule has 0 saturated carbocycles. The number of benzene rings is 1. The van der Waals surface area contributed by atoms with E-state index in [9.17, 15) is 13.6 Å². The van der Waals surface area contributed by atoms with Gasteiger partial charge in [-0.25, -0.2) is 8.78 Å². The van der Waals surface area contributed by atoms with Crippen molar-refractivity contribution in [1.29, 1.82) is 0 Å². The van der Waals surface area contributed by atoms with E-state index in [0.717, 1.165) is 12.1 Å². The molecule has 0 radical (unpaired) electrons. The third kappa shape index (κ3) is 3.38. The monoisotopic (exact) mass is 263 g/mol. The van der Waals surface area contributed by atoms with Crippen molar-refractivity contribution in [2.75, 3.05) is 6.61 Å². The number of nitrogens with one attached hydrogen (secondary N) is 1. The molecule has 0 fully saturated rings. The molecule has 0 aromatic heterocycles. The van der Waals surface area contributed by atoms with Crippen LogP contribution in [0, 0.1) is 11.6 Å². The zero-order valence-electron chi connectivity index (χ0n) is 9.14. The SMILES string of the molecule is CC[C@@H](CO)NC(=O)c1cc(F)c(Cl)cc1F. The van der Waals surface area contributed by atoms with Crippen LogP contribution in [-0.2, 0) is 0 Å². The first kappa shape index (κ1) is 13.9. The molecule has 17 heavy (non-hydrogen) atoms. The predicted molar refractivity (Wildman–Crippen MR) is 60.0 cm³/mol. The van der Waals surface area contributed by atoms with Crippen molar-refractivity contribution in [1.82, 2.24) is 5.32 Å². The fraction of sp³-hybridized carbons (Fsp3) is 0.364. The summed E-state index contributed by atoms with van der Waals surface area (Å²) >= 11 is 5.36. The van der Waals surface area contributed by atoms with Gasteiger partial charge in [0.15, 0.2) is 0 Å². The second-order valence-electron chi connectivity index (χ2n) is 3.51. The van der Waals surface area contributed by atoms with Gasteiger partial charge in [0, 0.05) is 0 Å². The Morgan fingerprint density at radius 1 is 1.47 bits per heavy atom. The van der Waals surface area contributed by atoms with E-state index >= 15 is 0 Å². The van der Waals surface area contributed by atoms with Crippen LogP contribution in [0.4, 0.5) is 8.78 Å². The highest BCUT2D eigenvalue weighted by Gasteiger charge is 2.17. The first-order chi connectivity index (χ1) is 7.99. The topological polar surface area (TPSA) is 49.3 Å². The summed E-state index contributed by atoms with van der Waals surface area (Å²) in [5, 5.41) is 10.9. The van der Waals surface area contributed by atoms with Crippen molar-refractivity contribution < 1.29 is 18.7 Å². The summed E-state index contributed by atoms with van der Waals surface area (Å²) < 4.78 is 26.5. The molecule has 0 aliphatic carbocycles. The molecule has 1 atom stereocenters. The molecule has 0 bridgehead atoms. The number of hydrogen-bond acceptors (Lipinski definition) is 2. The minimum absolute atomic E-state index is 0.264. The average molecular weight is 264 g/mol. The summed E-state index contributed by atoms with van der Waals surface area (Å²) in [5.74, 6) is -2.55. The molecule has 0 aliphatic rings. The van der Waals surface area contributed by atoms with E-state index < -0.39 is 29.1 Å². The first-order valence-electron chi connectivity index (χ1n) is 5.05. The number of aliphatic hydroxyl groups excluding tert-OH is 1. The van der Waals surface area contributed by atoms with E-state index in [1.807, 2.05) is 0 Å². The van der Waals surface area contributed by atoms with Crippen molar-refractivity contribution in [3.63, 3.8) is 0 Å². The summed E-state index contributed by atoms with van der Waals surface area (Å²) in [6.07, 6.45) is 0.486. The highest BCUT2D eigenvalue weighted by atomic mass is 35.5. The van der Waals surface area contributed by atoms with Gasteiger partial charge in [-0.15, -0.1) is 0 Å². The molecule has 1 amide bonds. The van der Waals surface area contributed by atoms with Gasteiger partial charge >= 0.3 is 0 Å². The second-order valence-corrected chi connectivity index (χ2v) is 3.91. The van der Waals surface area contributed by atoms with E-state index in [4.69, 9.17) is 16.7 Å². The summed E-state index contributed by atoms with van der Waals surface area (Å²) in [6.45, 7) is 1.49. The maximum Gasteiger partial charge on any atom is 0.254 e. The molecule has 3 nitrogen and oxygen atoms in total. The van der Waals surface area contributed by atoms with Crippen LogP contribution in [0.1, 0.15) is 23.7 Å². The van der Waals surface area contributed by atoms with Crippen LogP contribution in [0.15, 0.2) is 12.1 Å². The smallest absolute Gasteiger partial charge is 0.254 e. The zero-order valence-corrected chi connectivity index (χ0v) is 9.89. The van der Waals surface area contributed by atoms with Crippen LogP contribution in [0.2, 0.25) is 5.02 Å². The molecule has 1 aromatic carbocycles. The molecule has 94 valence electrons. The fourth-order valence-corrected chi connectivity index (χ4v) is 1.39. The maximum absolute atomic E-state index is 13.4. The third-order valence-corrected chi connectivity index (χ3v) is 2.59. The van der Waals surface area contributed by atoms with Gasteiger partial charge in [-0.1, -0.05) is 18.5 Å². The molecule has 1 aromatic rings. The van der Waals surface area contributed by atoms with Crippen molar-refractivity contribution in [3.8, 4) is 0 Å². The quantitative estimate of drug-likeness (QED) is 0.818. The fourth-order valence-electron chi connectivity index (χ4n) is 1.24. The minimum atomic E-state index is -0.901. The van der Waals surface area contributed by atoms with Crippen LogP contribution in [0.3, 0.4) is 0 Å². The van der Waals surface area contributed by atoms with Crippen LogP contribution in [0.25, 0.3) is 0 Å². The molecule has 0 spiro atoms. The van der Waals surface area contributed by atoms with Crippen LogP contribution in [0.5, 0.6) is 0 Å². The van der Waals surface area contributed by atoms with Crippen molar-refractivity contribution in [3.05, 3.63) is 34.4 Å². The van der Waals surface area contributed by atoms with Gasteiger partial charge in [-0.05, 0) is 18.6 Å². The van der Waals surface area contributed by atoms with Crippen molar-refractivity contribution in [2.45, 2.75) is 19.4 Å². The number of carbonyl (C=O) groups is 1. The Labute approximate surface area is 102 Å². The molecule has 0 saturated heterocycles. The largest absolute Gasteiger partial charge is 0.394 e. The Balaban J connectivity index is 2.93. The Morgan fingerprint density at radius 2 is 2.12 bits per heavy atom. The molecule has 1 rings (SSSR count). The highest BCUT2D eigenvalue weighted by molar-refractivity contribution is 6.30. The van der Waals surface area contributed by atoms with Gasteiger partial charge in [0.2, 0.25) is 0 Å². The van der Waals surface area contributed by atoms with Gasteiger partial charge in [0.05, 0.1) is 23.2 Å². The van der Waals surface area contributed by atoms with Crippen LogP contribution in [-0.4, -0.2) is 23.7 Å². The minimum Gasteiger partial charge on any atom is -0.394 e. The normalized spacial score (nSPS) is 12.3. The number of amides is 1. The van der Waals surface area contributed by atoms with E-state index in [1.165, 1.54) is 0 Å². The lowest BCUT2D eigenvalue weighted by Crippen LogP contribution is -2.37. The molecule has 2 N–H and O–H groups in total. The molecule has 0 aliphatic heterocycles. The Bertz CT molecular complexity index is 422. The zero-order chi connectivity index (χ0) is 13.0. The molecule has 0 heterocycles. The number of rotatable bonds is 4. The van der Waals surface area contributed by atoms with Gasteiger partial charge in [-0.2, -0.15) is 0 Å². The predicted octanol–water partition coefficient (Wildman–Crippen LogP) is 2.12. The summed E-state index contributed by atoms with van der Waals surface area (Å²) in [5.41, 5.74) is -0.432. The maximum atomic E-state index is 13.4. The number of carbonyl (C=O) groups excluding carboxylic acids is 1. The van der Waals surface area contributed by atoms with Gasteiger partial charge in [0.1, 0.15) is 11.6 Å². The summed E-state index contributed by atoms with van der Waals surface area (Å²) in [4.78, 5) is 11.6. The van der Waals surface area contributed by atoms with E-state index in [-0.39, 0.29) is 11.6 Å². The Hall–Kier alpha value is -1.20. The number of aliphatic hydroxyl groups is 1. The van der Waals surface area contributed by atoms with E-state index in [0.29, 0.717) is 6.42 Å². The van der Waals surface area contributed by atoms with Crippen molar-refractivity contribution >= 4 is 17.5 Å². The second kappa shape index (κ2) is 5.93. The summed E-state index contributed by atoms with van der Waals surface area (Å²) in [6, 6.07) is 0.989. The van der Waals surface area contributed by atoms with Crippen LogP contribution >= 0.6 is 11.6 Å². The number of hydrogen-bond donors (Lipinski definition) is 2. The average Bonchev–Trinajstić information content (AvgIpc) is 2.30. The van der Waals surface area contributed by atoms with Gasteiger partial charge in [0.25, 0.3) is 5.91 Å². The molecule has 6 heteroatoms. The molecule has 0 unspecified atom stereocenters. The number of halogens is 3. The lowest BCUT2D eigenvalue weighted by Gasteiger charge is -2.14. The Morgan fingerprint density at radius 3 is 2.65 bits per heavy atom. The van der Waals surface area contributed by atoms with Gasteiger partial charge in [-0.3, -0.25) is 4.79 Å². The van der Waals surface area contributed by atoms with E-state index in [1.54, 1.807) is 6.92 Å². The lowest BCUT2D eigenvalue weighted by atomic mass is 10.1. The van der Waals surface area contributed by atoms with Crippen molar-refractivity contribution in [2.24, 2.45) is 0 Å². The first-order valence-corrected chi connectivity index (χ1v) is 5.43.